The molecule has 0 bridgehead atoms. The molecular formula is C29H29ClN3O3. The predicted octanol–water partition coefficient (Wildman–Crippen LogP) is 4.65. The molecule has 6 nitrogen and oxygen atoms in total. The molecule has 3 aromatic rings. The van der Waals surface area contributed by atoms with Gasteiger partial charge in [0.2, 0.25) is 5.91 Å². The summed E-state index contributed by atoms with van der Waals surface area (Å²) >= 11 is 6.84. The second-order valence-electron chi connectivity index (χ2n) is 9.72. The maximum atomic E-state index is 13.5. The van der Waals surface area contributed by atoms with Gasteiger partial charge in [0, 0.05) is 44.1 Å². The van der Waals surface area contributed by atoms with Crippen molar-refractivity contribution in [3.05, 3.63) is 72.3 Å². The Labute approximate surface area is 216 Å². The van der Waals surface area contributed by atoms with E-state index in [0.717, 1.165) is 28.4 Å². The van der Waals surface area contributed by atoms with Crippen LogP contribution in [0.1, 0.15) is 6.42 Å². The van der Waals surface area contributed by atoms with Crippen LogP contribution < -0.4 is 9.64 Å². The SMILES string of the molecule is C=CC(=O)N1CC(CN2C(=O)[C@@H](CCN(C)C)Oc3cc(-c4c[c]cc5ccccc45)c(Cl)cc32)C1. The molecule has 1 fully saturated rings. The molecule has 185 valence electrons. The quantitative estimate of drug-likeness (QED) is 0.441. The Morgan fingerprint density at radius 3 is 2.75 bits per heavy atom. The molecule has 0 aliphatic carbocycles. The lowest BCUT2D eigenvalue weighted by molar-refractivity contribution is -0.132. The number of nitrogens with zero attached hydrogens (tertiary/aromatic N) is 3. The highest BCUT2D eigenvalue weighted by Gasteiger charge is 2.39. The number of anilines is 1. The van der Waals surface area contributed by atoms with E-state index in [9.17, 15) is 9.59 Å². The van der Waals surface area contributed by atoms with E-state index in [1.54, 1.807) is 9.80 Å². The molecular weight excluding hydrogens is 474 g/mol. The monoisotopic (exact) mass is 502 g/mol. The number of fused-ring (bicyclic) bond motifs is 2. The first kappa shape index (κ1) is 24.3. The fourth-order valence-electron chi connectivity index (χ4n) is 4.93. The Morgan fingerprint density at radius 1 is 1.22 bits per heavy atom. The van der Waals surface area contributed by atoms with Crippen molar-refractivity contribution in [2.45, 2.75) is 12.5 Å². The molecule has 2 aliphatic heterocycles. The summed E-state index contributed by atoms with van der Waals surface area (Å²) in [4.78, 5) is 31.0. The summed E-state index contributed by atoms with van der Waals surface area (Å²) in [5, 5.41) is 2.70. The topological polar surface area (TPSA) is 53.1 Å². The van der Waals surface area contributed by atoms with Crippen molar-refractivity contribution in [1.82, 2.24) is 9.80 Å². The van der Waals surface area contributed by atoms with Crippen LogP contribution in [0, 0.1) is 12.0 Å². The molecule has 0 N–H and O–H groups in total. The average molecular weight is 503 g/mol. The molecule has 1 saturated heterocycles. The highest BCUT2D eigenvalue weighted by atomic mass is 35.5. The first-order chi connectivity index (χ1) is 17.4. The zero-order valence-electron chi connectivity index (χ0n) is 20.5. The Bertz CT molecular complexity index is 1330. The van der Waals surface area contributed by atoms with Gasteiger partial charge >= 0.3 is 0 Å². The number of hydrogen-bond donors (Lipinski definition) is 0. The summed E-state index contributed by atoms with van der Waals surface area (Å²) in [5.41, 5.74) is 2.48. The highest BCUT2D eigenvalue weighted by molar-refractivity contribution is 6.34. The van der Waals surface area contributed by atoms with Crippen LogP contribution in [0.4, 0.5) is 5.69 Å². The number of carbonyl (C=O) groups excluding carboxylic acids is 2. The summed E-state index contributed by atoms with van der Waals surface area (Å²) < 4.78 is 6.30. The van der Waals surface area contributed by atoms with Crippen LogP contribution in [-0.4, -0.2) is 68.0 Å². The minimum Gasteiger partial charge on any atom is -0.478 e. The number of rotatable bonds is 7. The van der Waals surface area contributed by atoms with Gasteiger partial charge in [-0.05, 0) is 66.8 Å². The van der Waals surface area contributed by atoms with Gasteiger partial charge in [-0.1, -0.05) is 42.4 Å². The maximum Gasteiger partial charge on any atom is 0.268 e. The van der Waals surface area contributed by atoms with Gasteiger partial charge in [0.05, 0.1) is 10.7 Å². The number of amides is 2. The standard InChI is InChI=1S/C29H29ClN3O3/c1-4-28(34)32-16-19(17-32)18-33-25-15-24(30)23(22-11-7-9-20-8-5-6-10-21(20)22)14-27(25)36-26(29(33)35)12-13-31(2)3/h4-6,8-11,14-15,19,26H,1,12-13,16-18H2,2-3H3/t26-/m1/s1. The zero-order valence-corrected chi connectivity index (χ0v) is 21.3. The molecule has 7 heteroatoms. The summed E-state index contributed by atoms with van der Waals surface area (Å²) in [5.74, 6) is 0.678. The van der Waals surface area contributed by atoms with E-state index < -0.39 is 6.10 Å². The molecule has 2 amide bonds. The lowest BCUT2D eigenvalue weighted by Gasteiger charge is -2.43. The van der Waals surface area contributed by atoms with Crippen LogP contribution in [0.5, 0.6) is 5.75 Å². The number of ether oxygens (including phenoxy) is 1. The number of benzene rings is 3. The van der Waals surface area contributed by atoms with Gasteiger partial charge in [-0.25, -0.2) is 0 Å². The molecule has 3 aromatic carbocycles. The molecule has 0 aromatic heterocycles. The van der Waals surface area contributed by atoms with E-state index in [4.69, 9.17) is 16.3 Å². The van der Waals surface area contributed by atoms with Gasteiger partial charge in [0.25, 0.3) is 5.91 Å². The molecule has 2 aliphatic rings. The Balaban J connectivity index is 1.51. The lowest BCUT2D eigenvalue weighted by atomic mass is 9.95. The fourth-order valence-corrected chi connectivity index (χ4v) is 5.19. The van der Waals surface area contributed by atoms with Crippen LogP contribution in [0.25, 0.3) is 21.9 Å². The Hall–Kier alpha value is -3.35. The van der Waals surface area contributed by atoms with Gasteiger partial charge in [0.1, 0.15) is 5.75 Å². The summed E-state index contributed by atoms with van der Waals surface area (Å²) in [6, 6.07) is 19.0. The molecule has 0 spiro atoms. The number of halogens is 1. The number of likely N-dealkylation sites (tertiary alicyclic amines) is 1. The molecule has 2 heterocycles. The van der Waals surface area contributed by atoms with E-state index in [1.807, 2.05) is 55.4 Å². The van der Waals surface area contributed by atoms with Crippen molar-refractivity contribution in [1.29, 1.82) is 0 Å². The Morgan fingerprint density at radius 2 is 2.00 bits per heavy atom. The molecule has 1 radical (unpaired) electrons. The molecule has 0 unspecified atom stereocenters. The minimum absolute atomic E-state index is 0.0693. The second-order valence-corrected chi connectivity index (χ2v) is 10.1. The second kappa shape index (κ2) is 9.96. The van der Waals surface area contributed by atoms with E-state index >= 15 is 0 Å². The third-order valence-corrected chi connectivity index (χ3v) is 7.19. The van der Waals surface area contributed by atoms with Crippen molar-refractivity contribution in [2.24, 2.45) is 5.92 Å². The number of carbonyl (C=O) groups is 2. The average Bonchev–Trinajstić information content (AvgIpc) is 2.85. The van der Waals surface area contributed by atoms with E-state index in [0.29, 0.717) is 42.5 Å². The van der Waals surface area contributed by atoms with Crippen molar-refractivity contribution in [3.63, 3.8) is 0 Å². The third-order valence-electron chi connectivity index (χ3n) is 6.88. The summed E-state index contributed by atoms with van der Waals surface area (Å²) in [7, 11) is 3.96. The first-order valence-electron chi connectivity index (χ1n) is 12.1. The largest absolute Gasteiger partial charge is 0.478 e. The van der Waals surface area contributed by atoms with Gasteiger partial charge < -0.3 is 19.4 Å². The van der Waals surface area contributed by atoms with Crippen molar-refractivity contribution >= 4 is 39.9 Å². The van der Waals surface area contributed by atoms with Gasteiger partial charge in [0.15, 0.2) is 6.10 Å². The zero-order chi connectivity index (χ0) is 25.4. The van der Waals surface area contributed by atoms with Crippen LogP contribution >= 0.6 is 11.6 Å². The van der Waals surface area contributed by atoms with Crippen molar-refractivity contribution in [2.75, 3.05) is 45.2 Å². The molecule has 36 heavy (non-hydrogen) atoms. The molecule has 1 atom stereocenters. The van der Waals surface area contributed by atoms with Crippen LogP contribution in [-0.2, 0) is 9.59 Å². The van der Waals surface area contributed by atoms with Crippen molar-refractivity contribution in [3.8, 4) is 16.9 Å². The van der Waals surface area contributed by atoms with Crippen LogP contribution in [0.15, 0.2) is 61.2 Å². The summed E-state index contributed by atoms with van der Waals surface area (Å²) in [6.07, 6.45) is 1.32. The van der Waals surface area contributed by atoms with E-state index in [2.05, 4.69) is 24.8 Å². The van der Waals surface area contributed by atoms with Crippen LogP contribution in [0.2, 0.25) is 5.02 Å². The molecule has 0 saturated carbocycles. The fraction of sp³-hybridized carbons (Fsp3) is 0.310. The first-order valence-corrected chi connectivity index (χ1v) is 12.5. The summed E-state index contributed by atoms with van der Waals surface area (Å²) in [6.45, 7) is 6.00. The minimum atomic E-state index is -0.584. The predicted molar refractivity (Wildman–Crippen MR) is 143 cm³/mol. The number of hydrogen-bond acceptors (Lipinski definition) is 4. The van der Waals surface area contributed by atoms with E-state index in [1.165, 1.54) is 6.08 Å². The third kappa shape index (κ3) is 4.59. The van der Waals surface area contributed by atoms with Crippen LogP contribution in [0.3, 0.4) is 0 Å². The van der Waals surface area contributed by atoms with Crippen molar-refractivity contribution < 1.29 is 14.3 Å². The lowest BCUT2D eigenvalue weighted by Crippen LogP contribution is -2.56. The van der Waals surface area contributed by atoms with E-state index in [-0.39, 0.29) is 17.7 Å². The molecule has 5 rings (SSSR count). The normalized spacial score (nSPS) is 17.7. The maximum absolute atomic E-state index is 13.5. The smallest absolute Gasteiger partial charge is 0.268 e. The Kier molecular flexibility index (Phi) is 6.73. The van der Waals surface area contributed by atoms with Gasteiger partial charge in [-0.2, -0.15) is 0 Å². The highest BCUT2D eigenvalue weighted by Crippen LogP contribution is 2.44. The van der Waals surface area contributed by atoms with Gasteiger partial charge in [-0.15, -0.1) is 0 Å². The van der Waals surface area contributed by atoms with Gasteiger partial charge in [-0.3, -0.25) is 9.59 Å².